The lowest BCUT2D eigenvalue weighted by Gasteiger charge is -2.07. The summed E-state index contributed by atoms with van der Waals surface area (Å²) in [5.41, 5.74) is 2.67. The van der Waals surface area contributed by atoms with Crippen LogP contribution in [0, 0.1) is 17.1 Å². The van der Waals surface area contributed by atoms with Crippen molar-refractivity contribution in [2.24, 2.45) is 0 Å². The van der Waals surface area contributed by atoms with Crippen LogP contribution >= 0.6 is 0 Å². The summed E-state index contributed by atoms with van der Waals surface area (Å²) < 4.78 is 15.8. The average Bonchev–Trinajstić information content (AvgIpc) is 2.83. The molecular formula is C15H16FN3. The van der Waals surface area contributed by atoms with Crippen molar-refractivity contribution in [2.45, 2.75) is 33.2 Å². The van der Waals surface area contributed by atoms with E-state index in [-0.39, 0.29) is 5.56 Å². The molecule has 0 spiro atoms. The molecule has 0 bridgehead atoms. The van der Waals surface area contributed by atoms with E-state index >= 15 is 0 Å². The van der Waals surface area contributed by atoms with Crippen LogP contribution in [0.3, 0.4) is 0 Å². The number of aryl methyl sites for hydroxylation is 2. The molecule has 0 aliphatic heterocycles. The van der Waals surface area contributed by atoms with Crippen molar-refractivity contribution in [1.82, 2.24) is 9.78 Å². The van der Waals surface area contributed by atoms with Crippen molar-refractivity contribution in [1.29, 1.82) is 5.26 Å². The molecule has 0 amide bonds. The number of rotatable bonds is 4. The summed E-state index contributed by atoms with van der Waals surface area (Å²) in [5, 5.41) is 13.3. The largest absolute Gasteiger partial charge is 0.265 e. The van der Waals surface area contributed by atoms with Crippen molar-refractivity contribution in [2.75, 3.05) is 0 Å². The number of benzene rings is 1. The van der Waals surface area contributed by atoms with Crippen LogP contribution in [0.4, 0.5) is 4.39 Å². The zero-order valence-electron chi connectivity index (χ0n) is 11.2. The third-order valence-corrected chi connectivity index (χ3v) is 3.16. The Bertz CT molecular complexity index is 623. The standard InChI is InChI=1S/C15H16FN3/c1-3-13-8-14(4-2)19(18-13)10-12-7-5-6-11(9-17)15(12)16/h5-8H,3-4,10H2,1-2H3. The highest BCUT2D eigenvalue weighted by molar-refractivity contribution is 5.35. The molecule has 2 aromatic rings. The van der Waals surface area contributed by atoms with E-state index in [9.17, 15) is 4.39 Å². The lowest BCUT2D eigenvalue weighted by molar-refractivity contribution is 0.571. The molecule has 0 saturated carbocycles. The van der Waals surface area contributed by atoms with Crippen molar-refractivity contribution in [3.63, 3.8) is 0 Å². The lowest BCUT2D eigenvalue weighted by Crippen LogP contribution is -2.08. The Hall–Kier alpha value is -2.15. The van der Waals surface area contributed by atoms with E-state index in [2.05, 4.69) is 12.0 Å². The average molecular weight is 257 g/mol. The van der Waals surface area contributed by atoms with Crippen LogP contribution in [0.2, 0.25) is 0 Å². The van der Waals surface area contributed by atoms with Gasteiger partial charge in [0.15, 0.2) is 0 Å². The van der Waals surface area contributed by atoms with Gasteiger partial charge in [0.25, 0.3) is 0 Å². The Balaban J connectivity index is 2.36. The van der Waals surface area contributed by atoms with Gasteiger partial charge in [-0.25, -0.2) is 4.39 Å². The van der Waals surface area contributed by atoms with E-state index in [4.69, 9.17) is 5.26 Å². The molecule has 3 nitrogen and oxygen atoms in total. The summed E-state index contributed by atoms with van der Waals surface area (Å²) in [7, 11) is 0. The maximum Gasteiger partial charge on any atom is 0.146 e. The summed E-state index contributed by atoms with van der Waals surface area (Å²) in [4.78, 5) is 0. The second-order valence-corrected chi connectivity index (χ2v) is 4.38. The molecule has 0 aliphatic carbocycles. The number of aromatic nitrogens is 2. The van der Waals surface area contributed by atoms with Gasteiger partial charge in [0, 0.05) is 11.3 Å². The molecule has 1 aromatic carbocycles. The molecule has 0 aliphatic rings. The topological polar surface area (TPSA) is 41.6 Å². The van der Waals surface area contributed by atoms with E-state index in [0.717, 1.165) is 24.2 Å². The van der Waals surface area contributed by atoms with Crippen LogP contribution in [0.1, 0.15) is 36.4 Å². The van der Waals surface area contributed by atoms with Gasteiger partial charge in [-0.05, 0) is 25.0 Å². The van der Waals surface area contributed by atoms with Gasteiger partial charge in [-0.15, -0.1) is 0 Å². The van der Waals surface area contributed by atoms with Gasteiger partial charge in [0.1, 0.15) is 11.9 Å². The van der Waals surface area contributed by atoms with Crippen molar-refractivity contribution in [3.8, 4) is 6.07 Å². The Kier molecular flexibility index (Phi) is 3.96. The fraction of sp³-hybridized carbons (Fsp3) is 0.333. The van der Waals surface area contributed by atoms with E-state index in [1.54, 1.807) is 12.1 Å². The molecule has 0 N–H and O–H groups in total. The van der Waals surface area contributed by atoms with Crippen LogP contribution in [0.15, 0.2) is 24.3 Å². The van der Waals surface area contributed by atoms with E-state index < -0.39 is 5.82 Å². The van der Waals surface area contributed by atoms with Gasteiger partial charge in [-0.3, -0.25) is 4.68 Å². The number of halogens is 1. The Morgan fingerprint density at radius 2 is 2.11 bits per heavy atom. The molecule has 98 valence electrons. The first-order chi connectivity index (χ1) is 9.19. The van der Waals surface area contributed by atoms with Gasteiger partial charge in [0.2, 0.25) is 0 Å². The molecule has 1 heterocycles. The predicted molar refractivity (Wildman–Crippen MR) is 71.2 cm³/mol. The number of nitrogens with zero attached hydrogens (tertiary/aromatic N) is 3. The zero-order chi connectivity index (χ0) is 13.8. The van der Waals surface area contributed by atoms with E-state index in [0.29, 0.717) is 12.1 Å². The first-order valence-electron chi connectivity index (χ1n) is 6.42. The van der Waals surface area contributed by atoms with Gasteiger partial charge < -0.3 is 0 Å². The molecule has 19 heavy (non-hydrogen) atoms. The van der Waals surface area contributed by atoms with E-state index in [1.165, 1.54) is 6.07 Å². The first kappa shape index (κ1) is 13.3. The van der Waals surface area contributed by atoms with Crippen LogP contribution in [0.25, 0.3) is 0 Å². The predicted octanol–water partition coefficient (Wildman–Crippen LogP) is 3.07. The first-order valence-corrected chi connectivity index (χ1v) is 6.42. The van der Waals surface area contributed by atoms with Gasteiger partial charge >= 0.3 is 0 Å². The quantitative estimate of drug-likeness (QED) is 0.844. The fourth-order valence-corrected chi connectivity index (χ4v) is 2.06. The second-order valence-electron chi connectivity index (χ2n) is 4.38. The highest BCUT2D eigenvalue weighted by Gasteiger charge is 2.11. The molecule has 1 aromatic heterocycles. The normalized spacial score (nSPS) is 10.4. The number of hydrogen-bond acceptors (Lipinski definition) is 2. The Labute approximate surface area is 112 Å². The minimum Gasteiger partial charge on any atom is -0.265 e. The molecule has 0 radical (unpaired) electrons. The second kappa shape index (κ2) is 5.66. The third-order valence-electron chi connectivity index (χ3n) is 3.16. The highest BCUT2D eigenvalue weighted by atomic mass is 19.1. The van der Waals surface area contributed by atoms with Crippen molar-refractivity contribution < 1.29 is 4.39 Å². The maximum absolute atomic E-state index is 14.0. The minimum absolute atomic E-state index is 0.0819. The van der Waals surface area contributed by atoms with Gasteiger partial charge in [0.05, 0.1) is 17.8 Å². The molecule has 4 heteroatoms. The lowest BCUT2D eigenvalue weighted by atomic mass is 10.1. The smallest absolute Gasteiger partial charge is 0.146 e. The molecule has 0 fully saturated rings. The SMILES string of the molecule is CCc1cc(CC)n(Cc2cccc(C#N)c2F)n1. The molecular weight excluding hydrogens is 241 g/mol. The van der Waals surface area contributed by atoms with E-state index in [1.807, 2.05) is 23.7 Å². The Morgan fingerprint density at radius 3 is 2.74 bits per heavy atom. The zero-order valence-corrected chi connectivity index (χ0v) is 11.2. The van der Waals surface area contributed by atoms with Crippen molar-refractivity contribution >= 4 is 0 Å². The number of nitriles is 1. The summed E-state index contributed by atoms with van der Waals surface area (Å²) >= 11 is 0. The maximum atomic E-state index is 14.0. The molecule has 0 saturated heterocycles. The van der Waals surface area contributed by atoms with Crippen molar-refractivity contribution in [3.05, 3.63) is 52.6 Å². The number of hydrogen-bond donors (Lipinski definition) is 0. The van der Waals surface area contributed by atoms with Crippen LogP contribution in [-0.4, -0.2) is 9.78 Å². The van der Waals surface area contributed by atoms with Gasteiger partial charge in [-0.2, -0.15) is 10.4 Å². The third kappa shape index (κ3) is 2.65. The monoisotopic (exact) mass is 257 g/mol. The fourth-order valence-electron chi connectivity index (χ4n) is 2.06. The summed E-state index contributed by atoms with van der Waals surface area (Å²) in [5.74, 6) is -0.444. The van der Waals surface area contributed by atoms with Crippen LogP contribution in [-0.2, 0) is 19.4 Å². The summed E-state index contributed by atoms with van der Waals surface area (Å²) in [6, 6.07) is 8.79. The molecule has 0 unspecified atom stereocenters. The van der Waals surface area contributed by atoms with Crippen LogP contribution in [0.5, 0.6) is 0 Å². The summed E-state index contributed by atoms with van der Waals surface area (Å²) in [6.45, 7) is 4.46. The summed E-state index contributed by atoms with van der Waals surface area (Å²) in [6.07, 6.45) is 1.72. The van der Waals surface area contributed by atoms with Crippen LogP contribution < -0.4 is 0 Å². The highest BCUT2D eigenvalue weighted by Crippen LogP contribution is 2.15. The Morgan fingerprint density at radius 1 is 1.32 bits per heavy atom. The molecule has 2 rings (SSSR count). The minimum atomic E-state index is -0.444. The molecule has 0 atom stereocenters. The van der Waals surface area contributed by atoms with Gasteiger partial charge in [-0.1, -0.05) is 26.0 Å².